The third kappa shape index (κ3) is 3.52. The summed E-state index contributed by atoms with van der Waals surface area (Å²) in [7, 11) is 0. The third-order valence-corrected chi connectivity index (χ3v) is 4.26. The van der Waals surface area contributed by atoms with Gasteiger partial charge in [0.2, 0.25) is 5.78 Å². The van der Waals surface area contributed by atoms with Gasteiger partial charge < -0.3 is 15.0 Å². The molecule has 0 spiro atoms. The second kappa shape index (κ2) is 7.10. The Hall–Kier alpha value is -2.93. The van der Waals surface area contributed by atoms with Crippen molar-refractivity contribution in [3.63, 3.8) is 0 Å². The van der Waals surface area contributed by atoms with E-state index in [0.717, 1.165) is 10.9 Å². The lowest BCUT2D eigenvalue weighted by atomic mass is 10.1. The Bertz CT molecular complexity index is 883. The van der Waals surface area contributed by atoms with Crippen LogP contribution in [0.5, 0.6) is 0 Å². The summed E-state index contributed by atoms with van der Waals surface area (Å²) in [6.07, 6.45) is 1.60. The Morgan fingerprint density at radius 1 is 1.12 bits per heavy atom. The molecule has 0 radical (unpaired) electrons. The lowest BCUT2D eigenvalue weighted by Gasteiger charge is -2.05. The average molecular weight is 342 g/mol. The molecule has 3 rings (SSSR count). The zero-order valence-electron chi connectivity index (χ0n) is 12.6. The number of carbonyl (C=O) groups is 3. The second-order valence-electron chi connectivity index (χ2n) is 4.99. The molecule has 0 aliphatic rings. The number of hydrogen-bond acceptors (Lipinski definition) is 5. The van der Waals surface area contributed by atoms with Gasteiger partial charge in [-0.15, -0.1) is 11.3 Å². The zero-order chi connectivity index (χ0) is 16.9. The van der Waals surface area contributed by atoms with Crippen LogP contribution in [0.15, 0.2) is 48.0 Å². The molecule has 0 bridgehead atoms. The molecule has 0 aliphatic carbocycles. The Balaban J connectivity index is 1.51. The second-order valence-corrected chi connectivity index (χ2v) is 5.94. The van der Waals surface area contributed by atoms with E-state index in [0.29, 0.717) is 10.4 Å². The first-order valence-corrected chi connectivity index (χ1v) is 8.10. The summed E-state index contributed by atoms with van der Waals surface area (Å²) in [5.41, 5.74) is 1.32. The molecule has 0 atom stereocenters. The van der Waals surface area contributed by atoms with Crippen molar-refractivity contribution in [3.05, 3.63) is 58.4 Å². The molecular weight excluding hydrogens is 328 g/mol. The summed E-state index contributed by atoms with van der Waals surface area (Å²) < 4.78 is 4.93. The molecular formula is C17H14N2O4S. The number of aromatic nitrogens is 1. The molecule has 6 nitrogen and oxygen atoms in total. The van der Waals surface area contributed by atoms with E-state index in [9.17, 15) is 14.4 Å². The van der Waals surface area contributed by atoms with Crippen LogP contribution in [-0.4, -0.2) is 35.8 Å². The molecule has 1 aromatic carbocycles. The fourth-order valence-electron chi connectivity index (χ4n) is 2.22. The largest absolute Gasteiger partial charge is 0.456 e. The van der Waals surface area contributed by atoms with E-state index in [2.05, 4.69) is 10.3 Å². The molecule has 0 unspecified atom stereocenters. The highest BCUT2D eigenvalue weighted by Gasteiger charge is 2.15. The molecule has 7 heteroatoms. The Morgan fingerprint density at radius 2 is 1.96 bits per heavy atom. The lowest BCUT2D eigenvalue weighted by molar-refractivity contribution is -0.141. The van der Waals surface area contributed by atoms with Crippen LogP contribution in [0.25, 0.3) is 10.9 Å². The minimum Gasteiger partial charge on any atom is -0.456 e. The Kier molecular flexibility index (Phi) is 4.72. The lowest BCUT2D eigenvalue weighted by Crippen LogP contribution is -2.31. The van der Waals surface area contributed by atoms with Crippen molar-refractivity contribution in [3.8, 4) is 0 Å². The van der Waals surface area contributed by atoms with Crippen molar-refractivity contribution in [1.82, 2.24) is 10.3 Å². The Morgan fingerprint density at radius 3 is 2.75 bits per heavy atom. The third-order valence-electron chi connectivity index (χ3n) is 3.39. The molecule has 2 heterocycles. The highest BCUT2D eigenvalue weighted by molar-refractivity contribution is 7.12. The van der Waals surface area contributed by atoms with E-state index in [1.54, 1.807) is 23.7 Å². The number of fused-ring (bicyclic) bond motifs is 1. The van der Waals surface area contributed by atoms with Crippen LogP contribution in [0.3, 0.4) is 0 Å². The van der Waals surface area contributed by atoms with Gasteiger partial charge in [-0.25, -0.2) is 0 Å². The summed E-state index contributed by atoms with van der Waals surface area (Å²) in [5.74, 6) is -1.30. The molecule has 0 fully saturated rings. The zero-order valence-corrected chi connectivity index (χ0v) is 13.4. The predicted molar refractivity (Wildman–Crippen MR) is 90.2 cm³/mol. The fourth-order valence-corrected chi connectivity index (χ4v) is 2.86. The normalized spacial score (nSPS) is 10.5. The molecule has 1 amide bonds. The van der Waals surface area contributed by atoms with Crippen LogP contribution < -0.4 is 5.32 Å². The SMILES string of the molecule is O=C(CNC(=O)c1cccs1)OCC(=O)c1c[nH]c2ccccc12. The number of thiophene rings is 1. The van der Waals surface area contributed by atoms with Crippen LogP contribution in [0, 0.1) is 0 Å². The summed E-state index contributed by atoms with van der Waals surface area (Å²) in [6.45, 7) is -0.645. The summed E-state index contributed by atoms with van der Waals surface area (Å²) in [6, 6.07) is 10.8. The molecule has 2 aromatic heterocycles. The number of rotatable bonds is 6. The standard InChI is InChI=1S/C17H14N2O4S/c20-14(12-8-18-13-5-2-1-4-11(12)13)10-23-16(21)9-19-17(22)15-6-3-7-24-15/h1-8,18H,9-10H2,(H,19,22). The van der Waals surface area contributed by atoms with Crippen LogP contribution in [0.4, 0.5) is 0 Å². The number of esters is 1. The number of nitrogens with one attached hydrogen (secondary N) is 2. The van der Waals surface area contributed by atoms with Crippen LogP contribution >= 0.6 is 11.3 Å². The number of amides is 1. The highest BCUT2D eigenvalue weighted by Crippen LogP contribution is 2.18. The first-order valence-electron chi connectivity index (χ1n) is 7.22. The minimum atomic E-state index is -0.659. The van der Waals surface area contributed by atoms with Gasteiger partial charge in [-0.2, -0.15) is 0 Å². The van der Waals surface area contributed by atoms with E-state index in [-0.39, 0.29) is 24.8 Å². The Labute approximate surface area is 141 Å². The quantitative estimate of drug-likeness (QED) is 0.532. The van der Waals surface area contributed by atoms with E-state index in [4.69, 9.17) is 4.74 Å². The fraction of sp³-hybridized carbons (Fsp3) is 0.118. The number of H-pyrrole nitrogens is 1. The van der Waals surface area contributed by atoms with Crippen molar-refractivity contribution in [1.29, 1.82) is 0 Å². The van der Waals surface area contributed by atoms with Crippen LogP contribution in [0.1, 0.15) is 20.0 Å². The highest BCUT2D eigenvalue weighted by atomic mass is 32.1. The maximum absolute atomic E-state index is 12.2. The molecule has 0 saturated carbocycles. The van der Waals surface area contributed by atoms with Crippen LogP contribution in [-0.2, 0) is 9.53 Å². The summed E-state index contributed by atoms with van der Waals surface area (Å²) in [4.78, 5) is 39.0. The number of carbonyl (C=O) groups excluding carboxylic acids is 3. The van der Waals surface area contributed by atoms with Gasteiger partial charge in [-0.3, -0.25) is 14.4 Å². The maximum atomic E-state index is 12.2. The molecule has 122 valence electrons. The van der Waals surface area contributed by atoms with Gasteiger partial charge in [0.25, 0.3) is 5.91 Å². The van der Waals surface area contributed by atoms with Gasteiger partial charge in [-0.1, -0.05) is 24.3 Å². The van der Waals surface area contributed by atoms with Crippen molar-refractivity contribution in [2.24, 2.45) is 0 Å². The van der Waals surface area contributed by atoms with Gasteiger partial charge in [-0.05, 0) is 17.5 Å². The maximum Gasteiger partial charge on any atom is 0.325 e. The van der Waals surface area contributed by atoms with Gasteiger partial charge >= 0.3 is 5.97 Å². The first kappa shape index (κ1) is 15.9. The molecule has 0 aliphatic heterocycles. The average Bonchev–Trinajstić information content (AvgIpc) is 3.26. The molecule has 0 saturated heterocycles. The number of aromatic amines is 1. The van der Waals surface area contributed by atoms with Gasteiger partial charge in [0.05, 0.1) is 4.88 Å². The van der Waals surface area contributed by atoms with Crippen molar-refractivity contribution < 1.29 is 19.1 Å². The van der Waals surface area contributed by atoms with Crippen molar-refractivity contribution in [2.45, 2.75) is 0 Å². The summed E-state index contributed by atoms with van der Waals surface area (Å²) >= 11 is 1.28. The molecule has 2 N–H and O–H groups in total. The van der Waals surface area contributed by atoms with Gasteiger partial charge in [0.1, 0.15) is 6.54 Å². The number of Topliss-reactive ketones (excluding diaryl/α,β-unsaturated/α-hetero) is 1. The van der Waals surface area contributed by atoms with Crippen molar-refractivity contribution in [2.75, 3.05) is 13.2 Å². The number of ether oxygens (including phenoxy) is 1. The molecule has 3 aromatic rings. The van der Waals surface area contributed by atoms with Crippen LogP contribution in [0.2, 0.25) is 0 Å². The van der Waals surface area contributed by atoms with E-state index in [1.165, 1.54) is 11.3 Å². The van der Waals surface area contributed by atoms with E-state index in [1.807, 2.05) is 24.3 Å². The number of benzene rings is 1. The summed E-state index contributed by atoms with van der Waals surface area (Å²) in [5, 5.41) is 5.01. The number of hydrogen-bond donors (Lipinski definition) is 2. The number of para-hydroxylation sites is 1. The van der Waals surface area contributed by atoms with Gasteiger partial charge in [0, 0.05) is 22.7 Å². The topological polar surface area (TPSA) is 88.3 Å². The smallest absolute Gasteiger partial charge is 0.325 e. The van der Waals surface area contributed by atoms with Crippen molar-refractivity contribution >= 4 is 39.9 Å². The predicted octanol–water partition coefficient (Wildman–Crippen LogP) is 2.39. The molecule has 24 heavy (non-hydrogen) atoms. The first-order chi connectivity index (χ1) is 11.6. The van der Waals surface area contributed by atoms with Gasteiger partial charge in [0.15, 0.2) is 6.61 Å². The van der Waals surface area contributed by atoms with E-state index < -0.39 is 5.97 Å². The minimum absolute atomic E-state index is 0.280. The van der Waals surface area contributed by atoms with E-state index >= 15 is 0 Å². The monoisotopic (exact) mass is 342 g/mol. The number of ketones is 1.